The molecule has 186 valence electrons. The Balaban J connectivity index is 1.54. The number of fused-ring (bicyclic) bond motifs is 1. The minimum Gasteiger partial charge on any atom is -0.497 e. The summed E-state index contributed by atoms with van der Waals surface area (Å²) < 4.78 is 5.56. The van der Waals surface area contributed by atoms with E-state index in [4.69, 9.17) is 4.74 Å². The third kappa shape index (κ3) is 3.72. The summed E-state index contributed by atoms with van der Waals surface area (Å²) >= 11 is 0. The van der Waals surface area contributed by atoms with Crippen LogP contribution in [-0.2, 0) is 16.6 Å². The van der Waals surface area contributed by atoms with E-state index in [1.807, 2.05) is 31.2 Å². The number of hydrogen-bond donors (Lipinski definition) is 3. The Labute approximate surface area is 206 Å². The van der Waals surface area contributed by atoms with Crippen LogP contribution in [0, 0.1) is 6.92 Å². The van der Waals surface area contributed by atoms with Gasteiger partial charge in [0.2, 0.25) is 0 Å². The number of benzene rings is 2. The van der Waals surface area contributed by atoms with Gasteiger partial charge in [0.15, 0.2) is 0 Å². The number of aryl methyl sites for hydroxylation is 1. The predicted molar refractivity (Wildman–Crippen MR) is 133 cm³/mol. The van der Waals surface area contributed by atoms with Gasteiger partial charge < -0.3 is 15.2 Å². The number of rotatable bonds is 5. The van der Waals surface area contributed by atoms with Gasteiger partial charge >= 0.3 is 6.03 Å². The molecule has 5 rings (SSSR count). The number of hydrogen-bond acceptors (Lipinski definition) is 5. The number of carbonyl (C=O) groups excluding carboxylic acids is 2. The molecule has 7 heteroatoms. The van der Waals surface area contributed by atoms with Crippen molar-refractivity contribution >= 4 is 11.9 Å². The van der Waals surface area contributed by atoms with E-state index in [9.17, 15) is 14.7 Å². The molecule has 0 unspecified atom stereocenters. The number of amides is 3. The molecule has 0 bridgehead atoms. The van der Waals surface area contributed by atoms with E-state index in [2.05, 4.69) is 46.7 Å². The van der Waals surface area contributed by atoms with Crippen LogP contribution in [-0.4, -0.2) is 59.3 Å². The lowest BCUT2D eigenvalue weighted by Crippen LogP contribution is -2.73. The van der Waals surface area contributed by atoms with Crippen molar-refractivity contribution in [2.24, 2.45) is 0 Å². The Morgan fingerprint density at radius 1 is 1.11 bits per heavy atom. The molecule has 2 aromatic carbocycles. The number of imide groups is 1. The quantitative estimate of drug-likeness (QED) is 0.576. The first-order chi connectivity index (χ1) is 16.7. The van der Waals surface area contributed by atoms with Crippen molar-refractivity contribution in [2.75, 3.05) is 20.2 Å². The first kappa shape index (κ1) is 23.8. The summed E-state index contributed by atoms with van der Waals surface area (Å²) in [7, 11) is 1.64. The molecule has 2 aliphatic heterocycles. The Morgan fingerprint density at radius 2 is 1.89 bits per heavy atom. The van der Waals surface area contributed by atoms with Gasteiger partial charge in [0.05, 0.1) is 12.7 Å². The van der Waals surface area contributed by atoms with Crippen molar-refractivity contribution in [1.82, 2.24) is 15.5 Å². The molecule has 2 heterocycles. The minimum absolute atomic E-state index is 0.122. The first-order valence-corrected chi connectivity index (χ1v) is 12.5. The lowest BCUT2D eigenvalue weighted by atomic mass is 9.49. The second-order valence-electron chi connectivity index (χ2n) is 10.6. The molecule has 3 amide bonds. The maximum absolute atomic E-state index is 13.0. The van der Waals surface area contributed by atoms with Gasteiger partial charge in [-0.1, -0.05) is 36.4 Å². The van der Waals surface area contributed by atoms with Gasteiger partial charge in [0.1, 0.15) is 11.3 Å². The Bertz CT molecular complexity index is 1140. The highest BCUT2D eigenvalue weighted by Crippen LogP contribution is 2.57. The van der Waals surface area contributed by atoms with Gasteiger partial charge in [0.25, 0.3) is 5.91 Å². The van der Waals surface area contributed by atoms with Crippen LogP contribution in [0.3, 0.4) is 0 Å². The molecule has 0 radical (unpaired) electrons. The third-order valence-electron chi connectivity index (χ3n) is 8.94. The summed E-state index contributed by atoms with van der Waals surface area (Å²) in [5.74, 6) is 0.435. The molecule has 3 N–H and O–H groups in total. The largest absolute Gasteiger partial charge is 0.497 e. The average molecular weight is 478 g/mol. The lowest BCUT2D eigenvalue weighted by molar-refractivity contribution is -0.170. The number of piperidine rings is 1. The van der Waals surface area contributed by atoms with Gasteiger partial charge in [-0.2, -0.15) is 0 Å². The van der Waals surface area contributed by atoms with E-state index < -0.39 is 22.6 Å². The fraction of sp³-hybridized carbons (Fsp3) is 0.500. The second-order valence-corrected chi connectivity index (χ2v) is 10.6. The fourth-order valence-corrected chi connectivity index (χ4v) is 6.90. The average Bonchev–Trinajstić information content (AvgIpc) is 3.13. The van der Waals surface area contributed by atoms with Gasteiger partial charge in [-0.3, -0.25) is 15.0 Å². The summed E-state index contributed by atoms with van der Waals surface area (Å²) in [5.41, 5.74) is 0.544. The summed E-state index contributed by atoms with van der Waals surface area (Å²) in [6.45, 7) is 5.80. The molecule has 35 heavy (non-hydrogen) atoms. The van der Waals surface area contributed by atoms with Crippen LogP contribution in [0.5, 0.6) is 5.75 Å². The minimum atomic E-state index is -1.07. The SMILES string of the molecule is COc1ccc(C)c([C@]23CCN(CCc4ccccc4)[C@H](C)[C@]2(O)CC[C@@]2(C3)NC(=O)NC2=O)c1. The van der Waals surface area contributed by atoms with Crippen LogP contribution in [0.25, 0.3) is 0 Å². The highest BCUT2D eigenvalue weighted by atomic mass is 16.5. The highest BCUT2D eigenvalue weighted by molar-refractivity contribution is 6.07. The number of ether oxygens (including phenoxy) is 1. The summed E-state index contributed by atoms with van der Waals surface area (Å²) in [4.78, 5) is 27.6. The molecule has 3 fully saturated rings. The van der Waals surface area contributed by atoms with Crippen LogP contribution in [0.15, 0.2) is 48.5 Å². The number of urea groups is 1. The Hall–Kier alpha value is -2.90. The van der Waals surface area contributed by atoms with Crippen LogP contribution in [0.4, 0.5) is 4.79 Å². The van der Waals surface area contributed by atoms with Gasteiger partial charge in [0, 0.05) is 18.0 Å². The molecule has 2 aromatic rings. The molecule has 1 aliphatic carbocycles. The summed E-state index contributed by atoms with van der Waals surface area (Å²) in [6, 6.07) is 15.8. The van der Waals surface area contributed by atoms with Crippen molar-refractivity contribution in [3.8, 4) is 5.75 Å². The van der Waals surface area contributed by atoms with Crippen molar-refractivity contribution in [3.05, 3.63) is 65.2 Å². The second kappa shape index (κ2) is 8.64. The van der Waals surface area contributed by atoms with Crippen molar-refractivity contribution in [3.63, 3.8) is 0 Å². The fourth-order valence-electron chi connectivity index (χ4n) is 6.90. The topological polar surface area (TPSA) is 90.9 Å². The van der Waals surface area contributed by atoms with E-state index in [-0.39, 0.29) is 11.9 Å². The summed E-state index contributed by atoms with van der Waals surface area (Å²) in [5, 5.41) is 18.0. The normalized spacial score (nSPS) is 32.7. The monoisotopic (exact) mass is 477 g/mol. The van der Waals surface area contributed by atoms with E-state index in [0.717, 1.165) is 36.4 Å². The molecule has 1 spiro atoms. The number of carbonyl (C=O) groups is 2. The van der Waals surface area contributed by atoms with Crippen LogP contribution in [0.1, 0.15) is 49.3 Å². The smallest absolute Gasteiger partial charge is 0.322 e. The number of aliphatic hydroxyl groups is 1. The maximum Gasteiger partial charge on any atom is 0.322 e. The van der Waals surface area contributed by atoms with E-state index in [0.29, 0.717) is 25.7 Å². The Kier molecular flexibility index (Phi) is 5.88. The lowest BCUT2D eigenvalue weighted by Gasteiger charge is -2.62. The molecular formula is C28H35N3O4. The van der Waals surface area contributed by atoms with E-state index in [1.165, 1.54) is 5.56 Å². The molecule has 2 saturated heterocycles. The molecule has 7 nitrogen and oxygen atoms in total. The highest BCUT2D eigenvalue weighted by Gasteiger charge is 2.67. The molecule has 0 aromatic heterocycles. The molecule has 1 saturated carbocycles. The summed E-state index contributed by atoms with van der Waals surface area (Å²) in [6.07, 6.45) is 2.78. The van der Waals surface area contributed by atoms with E-state index >= 15 is 0 Å². The zero-order valence-electron chi connectivity index (χ0n) is 20.8. The Morgan fingerprint density at radius 3 is 2.57 bits per heavy atom. The van der Waals surface area contributed by atoms with Gasteiger partial charge in [-0.05, 0) is 81.3 Å². The maximum atomic E-state index is 13.0. The van der Waals surface area contributed by atoms with E-state index in [1.54, 1.807) is 7.11 Å². The zero-order chi connectivity index (χ0) is 24.8. The van der Waals surface area contributed by atoms with Gasteiger partial charge in [-0.25, -0.2) is 4.79 Å². The van der Waals surface area contributed by atoms with Crippen LogP contribution >= 0.6 is 0 Å². The van der Waals surface area contributed by atoms with Crippen molar-refractivity contribution in [1.29, 1.82) is 0 Å². The van der Waals surface area contributed by atoms with Crippen molar-refractivity contribution in [2.45, 2.75) is 68.5 Å². The van der Waals surface area contributed by atoms with Crippen molar-refractivity contribution < 1.29 is 19.4 Å². The zero-order valence-corrected chi connectivity index (χ0v) is 20.8. The molecule has 3 aliphatic rings. The van der Waals surface area contributed by atoms with Crippen LogP contribution in [0.2, 0.25) is 0 Å². The van der Waals surface area contributed by atoms with Crippen LogP contribution < -0.4 is 15.4 Å². The molecule has 4 atom stereocenters. The number of nitrogens with zero attached hydrogens (tertiary/aromatic N) is 1. The standard InChI is InChI=1S/C28H35N3O4/c1-19-9-10-22(35-3)17-23(19)26-14-16-31(15-11-21-7-5-4-6-8-21)20(2)28(26,34)13-12-27(18-26)24(32)29-25(33)30-27/h4-10,17,20,34H,11-16,18H2,1-3H3,(H2,29,30,32,33)/t20-,26-,27+,28-/m1/s1. The first-order valence-electron chi connectivity index (χ1n) is 12.5. The van der Waals surface area contributed by atoms with Gasteiger partial charge in [-0.15, -0.1) is 0 Å². The number of methoxy groups -OCH3 is 1. The third-order valence-corrected chi connectivity index (χ3v) is 8.94. The number of nitrogens with one attached hydrogen (secondary N) is 2. The number of likely N-dealkylation sites (tertiary alicyclic amines) is 1. The predicted octanol–water partition coefficient (Wildman–Crippen LogP) is 3.07. The molecular weight excluding hydrogens is 442 g/mol.